The van der Waals surface area contributed by atoms with Crippen molar-refractivity contribution in [2.45, 2.75) is 5.16 Å². The van der Waals surface area contributed by atoms with Crippen LogP contribution in [0.25, 0.3) is 0 Å². The molecular weight excluding hydrogens is 383 g/mol. The topological polar surface area (TPSA) is 79.2 Å². The molecule has 0 saturated heterocycles. The molecule has 0 unspecified atom stereocenters. The van der Waals surface area contributed by atoms with E-state index in [1.807, 2.05) is 0 Å². The van der Waals surface area contributed by atoms with Crippen LogP contribution in [0.3, 0.4) is 0 Å². The van der Waals surface area contributed by atoms with Gasteiger partial charge in [-0.3, -0.25) is 4.79 Å². The van der Waals surface area contributed by atoms with Crippen molar-refractivity contribution in [1.82, 2.24) is 15.0 Å². The molecule has 0 atom stereocenters. The minimum absolute atomic E-state index is 0.0269. The van der Waals surface area contributed by atoms with Crippen molar-refractivity contribution in [3.8, 4) is 0 Å². The highest BCUT2D eigenvalue weighted by molar-refractivity contribution is 7.98. The van der Waals surface area contributed by atoms with Crippen molar-refractivity contribution >= 4 is 58.2 Å². The summed E-state index contributed by atoms with van der Waals surface area (Å²) in [4.78, 5) is 26.0. The zero-order chi connectivity index (χ0) is 17.0. The molecule has 1 N–H and O–H groups in total. The summed E-state index contributed by atoms with van der Waals surface area (Å²) in [5.41, 5.74) is 0.407. The van der Waals surface area contributed by atoms with E-state index in [0.717, 1.165) is 0 Å². The monoisotopic (exact) mass is 392 g/mol. The third kappa shape index (κ3) is 4.24. The van der Waals surface area contributed by atoms with E-state index in [0.29, 0.717) is 10.8 Å². The number of hydrogen-bond acceptors (Lipinski definition) is 6. The van der Waals surface area contributed by atoms with E-state index in [-0.39, 0.29) is 34.2 Å². The van der Waals surface area contributed by atoms with E-state index >= 15 is 0 Å². The van der Waals surface area contributed by atoms with Crippen LogP contribution in [-0.4, -0.2) is 45.4 Å². The van der Waals surface area contributed by atoms with Crippen LogP contribution in [0.5, 0.6) is 0 Å². The van der Waals surface area contributed by atoms with Gasteiger partial charge in [0.15, 0.2) is 5.16 Å². The van der Waals surface area contributed by atoms with Crippen molar-refractivity contribution in [3.05, 3.63) is 39.4 Å². The standard InChI is InChI=1S/C13H11Cl3N4O2S/c1-23-13-18-10(15)9(11(16)19-13)12(22)20(4-5-21)7-2-3-8(14)17-6-7/h2-3,6,21H,4-5H2,1H3. The van der Waals surface area contributed by atoms with Crippen molar-refractivity contribution in [2.75, 3.05) is 24.3 Å². The molecule has 0 aliphatic heterocycles. The molecule has 2 aromatic heterocycles. The van der Waals surface area contributed by atoms with Crippen LogP contribution in [-0.2, 0) is 0 Å². The fraction of sp³-hybridized carbons (Fsp3) is 0.231. The predicted octanol–water partition coefficient (Wildman–Crippen LogP) is 3.19. The van der Waals surface area contributed by atoms with Crippen LogP contribution in [0, 0.1) is 0 Å². The first-order valence-electron chi connectivity index (χ1n) is 6.29. The van der Waals surface area contributed by atoms with Crippen LogP contribution >= 0.6 is 46.6 Å². The highest BCUT2D eigenvalue weighted by Crippen LogP contribution is 2.27. The Morgan fingerprint density at radius 2 is 1.91 bits per heavy atom. The third-order valence-corrected chi connectivity index (χ3v) is 4.11. The number of nitrogens with zero attached hydrogens (tertiary/aromatic N) is 4. The van der Waals surface area contributed by atoms with Crippen molar-refractivity contribution in [3.63, 3.8) is 0 Å². The number of halogens is 3. The largest absolute Gasteiger partial charge is 0.395 e. The number of thioether (sulfide) groups is 1. The summed E-state index contributed by atoms with van der Waals surface area (Å²) in [6, 6.07) is 3.13. The zero-order valence-corrected chi connectivity index (χ0v) is 14.9. The van der Waals surface area contributed by atoms with Gasteiger partial charge < -0.3 is 10.0 Å². The molecule has 0 bridgehead atoms. The van der Waals surface area contributed by atoms with Gasteiger partial charge in [0, 0.05) is 6.54 Å². The second kappa shape index (κ2) is 8.12. The maximum atomic E-state index is 12.8. The van der Waals surface area contributed by atoms with Gasteiger partial charge in [-0.1, -0.05) is 46.6 Å². The lowest BCUT2D eigenvalue weighted by atomic mass is 10.2. The minimum atomic E-state index is -0.536. The zero-order valence-electron chi connectivity index (χ0n) is 11.8. The average molecular weight is 394 g/mol. The van der Waals surface area contributed by atoms with Gasteiger partial charge in [-0.25, -0.2) is 15.0 Å². The van der Waals surface area contributed by atoms with Crippen molar-refractivity contribution in [2.24, 2.45) is 0 Å². The maximum absolute atomic E-state index is 12.8. The first-order chi connectivity index (χ1) is 11.0. The normalized spacial score (nSPS) is 10.7. The molecule has 0 spiro atoms. The number of pyridine rings is 1. The van der Waals surface area contributed by atoms with Crippen LogP contribution in [0.1, 0.15) is 10.4 Å². The Labute approximate surface area is 151 Å². The number of hydrogen-bond donors (Lipinski definition) is 1. The molecule has 0 saturated carbocycles. The summed E-state index contributed by atoms with van der Waals surface area (Å²) in [7, 11) is 0. The molecule has 1 amide bonds. The van der Waals surface area contributed by atoms with Gasteiger partial charge in [-0.15, -0.1) is 0 Å². The smallest absolute Gasteiger partial charge is 0.264 e. The molecule has 0 aliphatic carbocycles. The second-order valence-corrected chi connectivity index (χ2v) is 6.06. The lowest BCUT2D eigenvalue weighted by Gasteiger charge is -2.22. The number of amides is 1. The molecule has 2 rings (SSSR count). The quantitative estimate of drug-likeness (QED) is 0.364. The number of aromatic nitrogens is 3. The van der Waals surface area contributed by atoms with Crippen molar-refractivity contribution in [1.29, 1.82) is 0 Å². The lowest BCUT2D eigenvalue weighted by molar-refractivity contribution is 0.0980. The minimum Gasteiger partial charge on any atom is -0.395 e. The Bertz CT molecular complexity index is 692. The Morgan fingerprint density at radius 3 is 2.39 bits per heavy atom. The van der Waals surface area contributed by atoms with Crippen LogP contribution in [0.2, 0.25) is 15.5 Å². The summed E-state index contributed by atoms with van der Waals surface area (Å²) >= 11 is 19.1. The average Bonchev–Trinajstić information content (AvgIpc) is 2.52. The van der Waals surface area contributed by atoms with Crippen LogP contribution in [0.15, 0.2) is 23.5 Å². The van der Waals surface area contributed by atoms with Gasteiger partial charge in [0.05, 0.1) is 18.5 Å². The fourth-order valence-electron chi connectivity index (χ4n) is 1.77. The molecule has 2 heterocycles. The van der Waals surface area contributed by atoms with Gasteiger partial charge >= 0.3 is 0 Å². The molecule has 0 radical (unpaired) electrons. The van der Waals surface area contributed by atoms with E-state index in [9.17, 15) is 9.90 Å². The second-order valence-electron chi connectivity index (χ2n) is 4.19. The number of carbonyl (C=O) groups excluding carboxylic acids is 1. The van der Waals surface area contributed by atoms with E-state index < -0.39 is 5.91 Å². The Morgan fingerprint density at radius 1 is 1.26 bits per heavy atom. The first kappa shape index (κ1) is 18.2. The van der Waals surface area contributed by atoms with Crippen molar-refractivity contribution < 1.29 is 9.90 Å². The number of aliphatic hydroxyl groups is 1. The molecule has 23 heavy (non-hydrogen) atoms. The number of carbonyl (C=O) groups is 1. The number of aliphatic hydroxyl groups excluding tert-OH is 1. The number of rotatable bonds is 5. The highest BCUT2D eigenvalue weighted by Gasteiger charge is 2.25. The fourth-order valence-corrected chi connectivity index (χ4v) is 2.89. The molecule has 10 heteroatoms. The van der Waals surface area contributed by atoms with E-state index in [4.69, 9.17) is 34.8 Å². The van der Waals surface area contributed by atoms with Gasteiger partial charge in [0.2, 0.25) is 0 Å². The molecular formula is C13H11Cl3N4O2S. The third-order valence-electron chi connectivity index (χ3n) is 2.79. The summed E-state index contributed by atoms with van der Waals surface area (Å²) in [6.07, 6.45) is 3.18. The molecule has 0 aromatic carbocycles. The Hall–Kier alpha value is -1.12. The van der Waals surface area contributed by atoms with Gasteiger partial charge in [-0.2, -0.15) is 0 Å². The van der Waals surface area contributed by atoms with Crippen LogP contribution < -0.4 is 4.90 Å². The molecule has 0 fully saturated rings. The van der Waals surface area contributed by atoms with Crippen LogP contribution in [0.4, 0.5) is 5.69 Å². The molecule has 122 valence electrons. The summed E-state index contributed by atoms with van der Waals surface area (Å²) in [6.45, 7) is -0.230. The lowest BCUT2D eigenvalue weighted by Crippen LogP contribution is -2.34. The van der Waals surface area contributed by atoms with Gasteiger partial charge in [-0.05, 0) is 18.4 Å². The first-order valence-corrected chi connectivity index (χ1v) is 8.65. The SMILES string of the molecule is CSc1nc(Cl)c(C(=O)N(CCO)c2ccc(Cl)nc2)c(Cl)n1. The highest BCUT2D eigenvalue weighted by atomic mass is 35.5. The van der Waals surface area contributed by atoms with E-state index in [1.165, 1.54) is 28.9 Å². The summed E-state index contributed by atoms with van der Waals surface area (Å²) in [5.74, 6) is -0.536. The Kier molecular flexibility index (Phi) is 6.43. The maximum Gasteiger partial charge on any atom is 0.264 e. The van der Waals surface area contributed by atoms with Gasteiger partial charge in [0.1, 0.15) is 21.0 Å². The Balaban J connectivity index is 2.44. The van der Waals surface area contributed by atoms with E-state index in [2.05, 4.69) is 15.0 Å². The molecule has 0 aliphatic rings. The predicted molar refractivity (Wildman–Crippen MR) is 91.8 cm³/mol. The molecule has 6 nitrogen and oxygen atoms in total. The number of anilines is 1. The molecule has 2 aromatic rings. The van der Waals surface area contributed by atoms with E-state index in [1.54, 1.807) is 12.3 Å². The summed E-state index contributed by atoms with van der Waals surface area (Å²) < 4.78 is 0. The van der Waals surface area contributed by atoms with Gasteiger partial charge in [0.25, 0.3) is 5.91 Å². The summed E-state index contributed by atoms with van der Waals surface area (Å²) in [5, 5.41) is 9.77.